The van der Waals surface area contributed by atoms with Crippen molar-refractivity contribution in [3.05, 3.63) is 40.4 Å². The standard InChI is InChI=1S/C23H36N4O2S/c1-6-11-26(7-2)17-30-16-22(24-4)23(28)25-21-9-8-19(13-18(21)3)14-27-12-10-20(15-27)29-5/h8-9,13,16,20H,4,6-7,10-12,14-15,17H2,1-3,5H3,(H,25,28)/b22-16-/t20-/m1/s1. The molecule has 1 aromatic rings. The number of anilines is 1. The first-order chi connectivity index (χ1) is 14.5. The van der Waals surface area contributed by atoms with E-state index < -0.39 is 0 Å². The van der Waals surface area contributed by atoms with E-state index in [4.69, 9.17) is 4.74 Å². The van der Waals surface area contributed by atoms with Gasteiger partial charge in [-0.1, -0.05) is 26.0 Å². The molecule has 0 aliphatic carbocycles. The van der Waals surface area contributed by atoms with Crippen LogP contribution in [0, 0.1) is 6.92 Å². The van der Waals surface area contributed by atoms with Crippen LogP contribution in [-0.4, -0.2) is 67.7 Å². The lowest BCUT2D eigenvalue weighted by Crippen LogP contribution is -2.23. The molecule has 0 unspecified atom stereocenters. The van der Waals surface area contributed by atoms with Crippen LogP contribution in [0.1, 0.15) is 37.8 Å². The van der Waals surface area contributed by atoms with Crippen LogP contribution in [0.2, 0.25) is 0 Å². The highest BCUT2D eigenvalue weighted by atomic mass is 32.2. The molecule has 6 nitrogen and oxygen atoms in total. The average Bonchev–Trinajstić information content (AvgIpc) is 3.19. The number of methoxy groups -OCH3 is 1. The van der Waals surface area contributed by atoms with Gasteiger partial charge in [0.05, 0.1) is 6.10 Å². The monoisotopic (exact) mass is 432 g/mol. The Bertz CT molecular complexity index is 738. The van der Waals surface area contributed by atoms with Crippen molar-refractivity contribution < 1.29 is 9.53 Å². The van der Waals surface area contributed by atoms with Gasteiger partial charge in [0.2, 0.25) is 0 Å². The largest absolute Gasteiger partial charge is 0.380 e. The third-order valence-corrected chi connectivity index (χ3v) is 6.25. The number of nitrogens with one attached hydrogen (secondary N) is 1. The van der Waals surface area contributed by atoms with Crippen molar-refractivity contribution in [1.82, 2.24) is 9.80 Å². The Balaban J connectivity index is 1.93. The van der Waals surface area contributed by atoms with E-state index in [1.54, 1.807) is 24.3 Å². The molecule has 30 heavy (non-hydrogen) atoms. The Morgan fingerprint density at radius 1 is 1.47 bits per heavy atom. The Labute approximate surface area is 185 Å². The summed E-state index contributed by atoms with van der Waals surface area (Å²) in [7, 11) is 1.78. The molecule has 0 saturated carbocycles. The topological polar surface area (TPSA) is 57.2 Å². The highest BCUT2D eigenvalue weighted by molar-refractivity contribution is 8.02. The predicted molar refractivity (Wildman–Crippen MR) is 128 cm³/mol. The molecule has 1 aliphatic rings. The number of aliphatic imine (C=N–C) groups is 1. The minimum atomic E-state index is -0.227. The minimum Gasteiger partial charge on any atom is -0.380 e. The summed E-state index contributed by atoms with van der Waals surface area (Å²) < 4.78 is 5.45. The van der Waals surface area contributed by atoms with Crippen molar-refractivity contribution in [3.63, 3.8) is 0 Å². The van der Waals surface area contributed by atoms with Crippen molar-refractivity contribution in [2.75, 3.05) is 44.5 Å². The van der Waals surface area contributed by atoms with Crippen LogP contribution in [0.25, 0.3) is 0 Å². The van der Waals surface area contributed by atoms with Gasteiger partial charge < -0.3 is 10.1 Å². The molecular weight excluding hydrogens is 396 g/mol. The third-order valence-electron chi connectivity index (χ3n) is 5.35. The lowest BCUT2D eigenvalue weighted by molar-refractivity contribution is -0.112. The average molecular weight is 433 g/mol. The molecule has 1 N–H and O–H groups in total. The van der Waals surface area contributed by atoms with Crippen LogP contribution < -0.4 is 5.32 Å². The first-order valence-corrected chi connectivity index (χ1v) is 11.7. The highest BCUT2D eigenvalue weighted by Crippen LogP contribution is 2.21. The number of nitrogens with zero attached hydrogens (tertiary/aromatic N) is 3. The maximum Gasteiger partial charge on any atom is 0.274 e. The van der Waals surface area contributed by atoms with Crippen LogP contribution in [-0.2, 0) is 16.1 Å². The van der Waals surface area contributed by atoms with Crippen molar-refractivity contribution >= 4 is 30.1 Å². The Morgan fingerprint density at radius 2 is 2.27 bits per heavy atom. The first kappa shape index (κ1) is 24.6. The fraction of sp³-hybridized carbons (Fsp3) is 0.565. The van der Waals surface area contributed by atoms with Crippen LogP contribution in [0.5, 0.6) is 0 Å². The summed E-state index contributed by atoms with van der Waals surface area (Å²) >= 11 is 1.58. The van der Waals surface area contributed by atoms with E-state index in [0.29, 0.717) is 11.8 Å². The number of aryl methyl sites for hydroxylation is 1. The second kappa shape index (κ2) is 12.9. The molecule has 0 bridgehead atoms. The molecule has 1 heterocycles. The van der Waals surface area contributed by atoms with Crippen LogP contribution in [0.4, 0.5) is 5.69 Å². The number of ether oxygens (including phenoxy) is 1. The molecular formula is C23H36N4O2S. The lowest BCUT2D eigenvalue weighted by Gasteiger charge is -2.18. The van der Waals surface area contributed by atoms with E-state index >= 15 is 0 Å². The molecule has 7 heteroatoms. The number of carbonyl (C=O) groups is 1. The van der Waals surface area contributed by atoms with Crippen molar-refractivity contribution in [2.45, 2.75) is 46.3 Å². The van der Waals surface area contributed by atoms with Crippen LogP contribution in [0.15, 0.2) is 34.3 Å². The molecule has 2 rings (SSSR count). The Morgan fingerprint density at radius 3 is 2.87 bits per heavy atom. The molecule has 0 radical (unpaired) electrons. The molecule has 1 amide bonds. The van der Waals surface area contributed by atoms with E-state index in [-0.39, 0.29) is 5.91 Å². The number of hydrogen-bond donors (Lipinski definition) is 1. The van der Waals surface area contributed by atoms with Gasteiger partial charge in [0, 0.05) is 43.7 Å². The summed E-state index contributed by atoms with van der Waals surface area (Å²) in [6, 6.07) is 6.19. The number of rotatable bonds is 12. The number of carbonyl (C=O) groups excluding carboxylic acids is 1. The van der Waals surface area contributed by atoms with Crippen LogP contribution >= 0.6 is 11.8 Å². The second-order valence-corrected chi connectivity index (χ2v) is 8.48. The summed E-state index contributed by atoms with van der Waals surface area (Å²) in [5, 5.41) is 4.77. The molecule has 1 aromatic carbocycles. The maximum atomic E-state index is 12.6. The molecule has 1 aliphatic heterocycles. The third kappa shape index (κ3) is 7.54. The zero-order valence-corrected chi connectivity index (χ0v) is 19.6. The van der Waals surface area contributed by atoms with Gasteiger partial charge in [-0.05, 0) is 56.8 Å². The number of likely N-dealkylation sites (tertiary alicyclic amines) is 1. The van der Waals surface area contributed by atoms with Crippen molar-refractivity contribution in [2.24, 2.45) is 4.99 Å². The Kier molecular flexibility index (Phi) is 10.6. The number of thioether (sulfide) groups is 1. The van der Waals surface area contributed by atoms with Gasteiger partial charge in [0.1, 0.15) is 5.70 Å². The second-order valence-electron chi connectivity index (χ2n) is 7.65. The normalized spacial score (nSPS) is 17.5. The molecule has 1 saturated heterocycles. The fourth-order valence-electron chi connectivity index (χ4n) is 3.56. The zero-order chi connectivity index (χ0) is 21.9. The van der Waals surface area contributed by atoms with E-state index in [1.807, 2.05) is 13.0 Å². The maximum absolute atomic E-state index is 12.6. The Hall–Kier alpha value is -1.67. The molecule has 1 fully saturated rings. The van der Waals surface area contributed by atoms with Gasteiger partial charge in [-0.15, -0.1) is 11.8 Å². The van der Waals surface area contributed by atoms with Gasteiger partial charge in [-0.25, -0.2) is 0 Å². The van der Waals surface area contributed by atoms with Gasteiger partial charge in [0.15, 0.2) is 0 Å². The van der Waals surface area contributed by atoms with E-state index in [1.165, 1.54) is 5.56 Å². The predicted octanol–water partition coefficient (Wildman–Crippen LogP) is 4.12. The number of hydrogen-bond acceptors (Lipinski definition) is 6. The van der Waals surface area contributed by atoms with Gasteiger partial charge >= 0.3 is 0 Å². The van der Waals surface area contributed by atoms with Crippen molar-refractivity contribution in [1.29, 1.82) is 0 Å². The van der Waals surface area contributed by atoms with E-state index in [0.717, 1.165) is 62.7 Å². The van der Waals surface area contributed by atoms with E-state index in [2.05, 4.69) is 52.8 Å². The van der Waals surface area contributed by atoms with Gasteiger partial charge in [-0.3, -0.25) is 19.6 Å². The zero-order valence-electron chi connectivity index (χ0n) is 18.8. The summed E-state index contributed by atoms with van der Waals surface area (Å²) in [5.74, 6) is 0.611. The SMILES string of the molecule is C=N/C(=C\SCN(CC)CCC)C(=O)Nc1ccc(CN2CC[C@@H](OC)C2)cc1C. The molecule has 166 valence electrons. The quantitative estimate of drug-likeness (QED) is 0.306. The summed E-state index contributed by atoms with van der Waals surface area (Å²) in [5.41, 5.74) is 3.44. The molecule has 0 aromatic heterocycles. The molecule has 1 atom stereocenters. The first-order valence-electron chi connectivity index (χ1n) is 10.7. The van der Waals surface area contributed by atoms with Gasteiger partial charge in [0.25, 0.3) is 5.91 Å². The van der Waals surface area contributed by atoms with Crippen molar-refractivity contribution in [3.8, 4) is 0 Å². The lowest BCUT2D eigenvalue weighted by atomic mass is 10.1. The van der Waals surface area contributed by atoms with Gasteiger partial charge in [-0.2, -0.15) is 0 Å². The van der Waals surface area contributed by atoms with Crippen LogP contribution in [0.3, 0.4) is 0 Å². The number of amides is 1. The fourth-order valence-corrected chi connectivity index (χ4v) is 4.49. The van der Waals surface area contributed by atoms with E-state index in [9.17, 15) is 4.79 Å². The molecule has 0 spiro atoms. The minimum absolute atomic E-state index is 0.227. The summed E-state index contributed by atoms with van der Waals surface area (Å²) in [6.07, 6.45) is 2.54. The summed E-state index contributed by atoms with van der Waals surface area (Å²) in [6.45, 7) is 14.9. The highest BCUT2D eigenvalue weighted by Gasteiger charge is 2.22. The smallest absolute Gasteiger partial charge is 0.274 e. The number of benzene rings is 1. The summed E-state index contributed by atoms with van der Waals surface area (Å²) in [4.78, 5) is 21.3.